The van der Waals surface area contributed by atoms with Gasteiger partial charge in [-0.25, -0.2) is 0 Å². The minimum Gasteiger partial charge on any atom is -0.327 e. The summed E-state index contributed by atoms with van der Waals surface area (Å²) in [7, 11) is 2.07. The molecule has 0 bridgehead atoms. The molecule has 0 saturated heterocycles. The standard InChI is InChI=1S/C12H19N3/c1-11-6-5-7-12(14-11)10-15(2)9-4-3-8-13/h3-7H,8-10,13H2,1-2H3. The highest BCUT2D eigenvalue weighted by atomic mass is 15.1. The molecule has 0 spiro atoms. The first-order valence-corrected chi connectivity index (χ1v) is 5.18. The van der Waals surface area contributed by atoms with Gasteiger partial charge in [-0.15, -0.1) is 0 Å². The molecule has 0 atom stereocenters. The molecule has 3 nitrogen and oxygen atoms in total. The first-order chi connectivity index (χ1) is 7.22. The minimum absolute atomic E-state index is 0.608. The molecule has 0 amide bonds. The van der Waals surface area contributed by atoms with E-state index in [4.69, 9.17) is 5.73 Å². The number of nitrogens with two attached hydrogens (primary N) is 1. The van der Waals surface area contributed by atoms with Gasteiger partial charge in [0.2, 0.25) is 0 Å². The van der Waals surface area contributed by atoms with Gasteiger partial charge in [-0.3, -0.25) is 9.88 Å². The number of nitrogens with zero attached hydrogens (tertiary/aromatic N) is 2. The van der Waals surface area contributed by atoms with E-state index in [2.05, 4.69) is 29.1 Å². The monoisotopic (exact) mass is 205 g/mol. The Hall–Kier alpha value is -1.19. The molecule has 1 aromatic heterocycles. The summed E-state index contributed by atoms with van der Waals surface area (Å²) in [5, 5.41) is 0. The van der Waals surface area contributed by atoms with Crippen LogP contribution in [0.25, 0.3) is 0 Å². The van der Waals surface area contributed by atoms with Crippen molar-refractivity contribution in [3.8, 4) is 0 Å². The first kappa shape index (κ1) is 11.9. The third-order valence-electron chi connectivity index (χ3n) is 2.10. The lowest BCUT2D eigenvalue weighted by atomic mass is 10.3. The van der Waals surface area contributed by atoms with Gasteiger partial charge in [0.05, 0.1) is 5.69 Å². The van der Waals surface area contributed by atoms with Crippen molar-refractivity contribution in [2.45, 2.75) is 13.5 Å². The maximum Gasteiger partial charge on any atom is 0.0547 e. The smallest absolute Gasteiger partial charge is 0.0547 e. The molecule has 1 rings (SSSR count). The van der Waals surface area contributed by atoms with Crippen LogP contribution in [0.4, 0.5) is 0 Å². The van der Waals surface area contributed by atoms with E-state index in [0.29, 0.717) is 6.54 Å². The summed E-state index contributed by atoms with van der Waals surface area (Å²) in [5.41, 5.74) is 7.55. The molecule has 0 fully saturated rings. The Bertz CT molecular complexity index is 320. The number of rotatable bonds is 5. The summed E-state index contributed by atoms with van der Waals surface area (Å²) in [6, 6.07) is 6.11. The predicted molar refractivity (Wildman–Crippen MR) is 63.5 cm³/mol. The third kappa shape index (κ3) is 4.72. The molecule has 0 aliphatic carbocycles. The van der Waals surface area contributed by atoms with Crippen molar-refractivity contribution in [3.05, 3.63) is 41.7 Å². The van der Waals surface area contributed by atoms with Crippen molar-refractivity contribution in [1.82, 2.24) is 9.88 Å². The van der Waals surface area contributed by atoms with E-state index in [9.17, 15) is 0 Å². The topological polar surface area (TPSA) is 42.1 Å². The van der Waals surface area contributed by atoms with Crippen molar-refractivity contribution in [1.29, 1.82) is 0 Å². The van der Waals surface area contributed by atoms with Gasteiger partial charge < -0.3 is 5.73 Å². The summed E-state index contributed by atoms with van der Waals surface area (Å²) in [4.78, 5) is 6.65. The van der Waals surface area contributed by atoms with Crippen LogP contribution in [0.2, 0.25) is 0 Å². The Morgan fingerprint density at radius 1 is 1.40 bits per heavy atom. The van der Waals surface area contributed by atoms with Gasteiger partial charge in [0.25, 0.3) is 0 Å². The molecule has 1 heterocycles. The fourth-order valence-corrected chi connectivity index (χ4v) is 1.38. The number of hydrogen-bond acceptors (Lipinski definition) is 3. The molecular weight excluding hydrogens is 186 g/mol. The molecule has 3 heteroatoms. The molecule has 82 valence electrons. The van der Waals surface area contributed by atoms with Crippen molar-refractivity contribution in [2.24, 2.45) is 5.73 Å². The molecule has 15 heavy (non-hydrogen) atoms. The number of pyridine rings is 1. The van der Waals surface area contributed by atoms with E-state index < -0.39 is 0 Å². The average Bonchev–Trinajstić information content (AvgIpc) is 2.18. The fraction of sp³-hybridized carbons (Fsp3) is 0.417. The lowest BCUT2D eigenvalue weighted by Gasteiger charge is -2.13. The van der Waals surface area contributed by atoms with Crippen LogP contribution in [-0.4, -0.2) is 30.0 Å². The van der Waals surface area contributed by atoms with Crippen molar-refractivity contribution in [2.75, 3.05) is 20.1 Å². The second-order valence-corrected chi connectivity index (χ2v) is 3.67. The Balaban J connectivity index is 2.44. The SMILES string of the molecule is Cc1cccc(CN(C)CC=CCN)n1. The molecule has 0 radical (unpaired) electrons. The molecule has 0 saturated carbocycles. The third-order valence-corrected chi connectivity index (χ3v) is 2.10. The fourth-order valence-electron chi connectivity index (χ4n) is 1.38. The van der Waals surface area contributed by atoms with Gasteiger partial charge >= 0.3 is 0 Å². The zero-order chi connectivity index (χ0) is 11.1. The quantitative estimate of drug-likeness (QED) is 0.738. The van der Waals surface area contributed by atoms with Crippen molar-refractivity contribution < 1.29 is 0 Å². The molecular formula is C12H19N3. The van der Waals surface area contributed by atoms with E-state index in [1.54, 1.807) is 0 Å². The van der Waals surface area contributed by atoms with E-state index in [0.717, 1.165) is 24.5 Å². The molecule has 0 aromatic carbocycles. The largest absolute Gasteiger partial charge is 0.327 e. The molecule has 0 aliphatic heterocycles. The van der Waals surface area contributed by atoms with Gasteiger partial charge in [-0.05, 0) is 26.1 Å². The summed E-state index contributed by atoms with van der Waals surface area (Å²) in [6.07, 6.45) is 4.05. The summed E-state index contributed by atoms with van der Waals surface area (Å²) >= 11 is 0. The molecule has 0 aliphatic rings. The highest BCUT2D eigenvalue weighted by molar-refractivity contribution is 5.09. The van der Waals surface area contributed by atoms with Gasteiger partial charge in [0.15, 0.2) is 0 Å². The molecule has 1 aromatic rings. The summed E-state index contributed by atoms with van der Waals surface area (Å²) < 4.78 is 0. The second-order valence-electron chi connectivity index (χ2n) is 3.67. The van der Waals surface area contributed by atoms with Crippen LogP contribution in [0.1, 0.15) is 11.4 Å². The average molecular weight is 205 g/mol. The van der Waals surface area contributed by atoms with Crippen LogP contribution in [0.15, 0.2) is 30.4 Å². The maximum absolute atomic E-state index is 5.37. The number of aryl methyl sites for hydroxylation is 1. The van der Waals surface area contributed by atoms with Crippen LogP contribution in [0.3, 0.4) is 0 Å². The Morgan fingerprint density at radius 3 is 2.87 bits per heavy atom. The van der Waals surface area contributed by atoms with Gasteiger partial charge in [0, 0.05) is 25.3 Å². The normalized spacial score (nSPS) is 11.5. The highest BCUT2D eigenvalue weighted by Gasteiger charge is 1.99. The van der Waals surface area contributed by atoms with Gasteiger partial charge in [-0.1, -0.05) is 18.2 Å². The van der Waals surface area contributed by atoms with E-state index in [1.807, 2.05) is 25.1 Å². The van der Waals surface area contributed by atoms with Crippen LogP contribution in [0, 0.1) is 6.92 Å². The molecule has 0 unspecified atom stereocenters. The highest BCUT2D eigenvalue weighted by Crippen LogP contribution is 2.01. The van der Waals surface area contributed by atoms with Crippen LogP contribution < -0.4 is 5.73 Å². The van der Waals surface area contributed by atoms with Gasteiger partial charge in [-0.2, -0.15) is 0 Å². The first-order valence-electron chi connectivity index (χ1n) is 5.18. The Labute approximate surface area is 91.6 Å². The predicted octanol–water partition coefficient (Wildman–Crippen LogP) is 1.34. The maximum atomic E-state index is 5.37. The van der Waals surface area contributed by atoms with E-state index in [-0.39, 0.29) is 0 Å². The number of hydrogen-bond donors (Lipinski definition) is 1. The van der Waals surface area contributed by atoms with E-state index >= 15 is 0 Å². The van der Waals surface area contributed by atoms with Crippen LogP contribution >= 0.6 is 0 Å². The Kier molecular flexibility index (Phi) is 5.01. The Morgan fingerprint density at radius 2 is 2.20 bits per heavy atom. The lowest BCUT2D eigenvalue weighted by Crippen LogP contribution is -2.18. The molecule has 2 N–H and O–H groups in total. The van der Waals surface area contributed by atoms with Gasteiger partial charge in [0.1, 0.15) is 0 Å². The summed E-state index contributed by atoms with van der Waals surface area (Å²) in [6.45, 7) is 4.40. The van der Waals surface area contributed by atoms with Crippen molar-refractivity contribution in [3.63, 3.8) is 0 Å². The minimum atomic E-state index is 0.608. The number of aromatic nitrogens is 1. The lowest BCUT2D eigenvalue weighted by molar-refractivity contribution is 0.358. The van der Waals surface area contributed by atoms with Crippen LogP contribution in [0.5, 0.6) is 0 Å². The number of likely N-dealkylation sites (N-methyl/N-ethyl adjacent to an activating group) is 1. The van der Waals surface area contributed by atoms with Crippen LogP contribution in [-0.2, 0) is 6.54 Å². The summed E-state index contributed by atoms with van der Waals surface area (Å²) in [5.74, 6) is 0. The zero-order valence-electron chi connectivity index (χ0n) is 9.48. The van der Waals surface area contributed by atoms with Crippen molar-refractivity contribution >= 4 is 0 Å². The zero-order valence-corrected chi connectivity index (χ0v) is 9.48. The van der Waals surface area contributed by atoms with E-state index in [1.165, 1.54) is 0 Å². The second kappa shape index (κ2) is 6.32.